The molecular weight excluding hydrogens is 138 g/mol. The lowest BCUT2D eigenvalue weighted by Gasteiger charge is -2.17. The van der Waals surface area contributed by atoms with E-state index in [1.807, 2.05) is 0 Å². The molecule has 3 heteroatoms. The first-order valence-electron chi connectivity index (χ1n) is 4.52. The van der Waals surface area contributed by atoms with Gasteiger partial charge in [0, 0.05) is 13.1 Å². The Morgan fingerprint density at radius 1 is 1.18 bits per heavy atom. The minimum atomic E-state index is 0.443. The molecule has 0 aliphatic carbocycles. The summed E-state index contributed by atoms with van der Waals surface area (Å²) in [7, 11) is 0. The summed E-state index contributed by atoms with van der Waals surface area (Å²) in [5.41, 5.74) is 5.37. The van der Waals surface area contributed by atoms with Crippen LogP contribution >= 0.6 is 0 Å². The van der Waals surface area contributed by atoms with Gasteiger partial charge in [-0.2, -0.15) is 0 Å². The standard InChI is InChI=1S/C8H21N3/c1-3-6-10-8(4-2)11-7-5-9/h8,10-11H,3-7,9H2,1-2H3. The lowest BCUT2D eigenvalue weighted by atomic mass is 10.3. The van der Waals surface area contributed by atoms with Crippen LogP contribution in [0.1, 0.15) is 26.7 Å². The average Bonchev–Trinajstić information content (AvgIpc) is 2.05. The summed E-state index contributed by atoms with van der Waals surface area (Å²) in [6.45, 7) is 7.02. The third-order valence-electron chi connectivity index (χ3n) is 1.58. The van der Waals surface area contributed by atoms with Crippen molar-refractivity contribution in [1.29, 1.82) is 0 Å². The van der Waals surface area contributed by atoms with Crippen molar-refractivity contribution in [1.82, 2.24) is 10.6 Å². The maximum atomic E-state index is 5.37. The second kappa shape index (κ2) is 7.98. The molecule has 68 valence electrons. The molecule has 0 rings (SSSR count). The summed E-state index contributed by atoms with van der Waals surface area (Å²) >= 11 is 0. The van der Waals surface area contributed by atoms with Gasteiger partial charge >= 0.3 is 0 Å². The quantitative estimate of drug-likeness (QED) is 0.467. The maximum Gasteiger partial charge on any atom is 0.0569 e. The lowest BCUT2D eigenvalue weighted by molar-refractivity contribution is 0.418. The molecule has 0 amide bonds. The molecule has 4 N–H and O–H groups in total. The molecule has 1 atom stereocenters. The average molecular weight is 159 g/mol. The first-order valence-corrected chi connectivity index (χ1v) is 4.52. The second-order valence-corrected chi connectivity index (χ2v) is 2.66. The molecule has 0 saturated carbocycles. The highest BCUT2D eigenvalue weighted by Crippen LogP contribution is 1.84. The van der Waals surface area contributed by atoms with Crippen molar-refractivity contribution in [3.05, 3.63) is 0 Å². The number of hydrogen-bond acceptors (Lipinski definition) is 3. The highest BCUT2D eigenvalue weighted by atomic mass is 15.1. The minimum Gasteiger partial charge on any atom is -0.329 e. The van der Waals surface area contributed by atoms with Crippen molar-refractivity contribution in [2.24, 2.45) is 5.73 Å². The van der Waals surface area contributed by atoms with Gasteiger partial charge in [-0.05, 0) is 19.4 Å². The van der Waals surface area contributed by atoms with E-state index < -0.39 is 0 Å². The Balaban J connectivity index is 3.25. The van der Waals surface area contributed by atoms with Gasteiger partial charge in [0.1, 0.15) is 0 Å². The molecule has 0 heterocycles. The molecule has 0 aliphatic rings. The smallest absolute Gasteiger partial charge is 0.0569 e. The van der Waals surface area contributed by atoms with Crippen molar-refractivity contribution < 1.29 is 0 Å². The Morgan fingerprint density at radius 3 is 2.27 bits per heavy atom. The van der Waals surface area contributed by atoms with Crippen LogP contribution in [0.4, 0.5) is 0 Å². The van der Waals surface area contributed by atoms with Gasteiger partial charge in [0.25, 0.3) is 0 Å². The van der Waals surface area contributed by atoms with Crippen molar-refractivity contribution >= 4 is 0 Å². The topological polar surface area (TPSA) is 50.1 Å². The molecule has 0 aromatic heterocycles. The van der Waals surface area contributed by atoms with Crippen LogP contribution in [0.15, 0.2) is 0 Å². The van der Waals surface area contributed by atoms with Crippen LogP contribution in [-0.2, 0) is 0 Å². The number of nitrogens with one attached hydrogen (secondary N) is 2. The zero-order valence-electron chi connectivity index (χ0n) is 7.69. The van der Waals surface area contributed by atoms with Crippen LogP contribution in [0.3, 0.4) is 0 Å². The summed E-state index contributed by atoms with van der Waals surface area (Å²) in [5.74, 6) is 0. The molecule has 0 aromatic carbocycles. The number of hydrogen-bond donors (Lipinski definition) is 3. The number of nitrogens with two attached hydrogens (primary N) is 1. The molecule has 3 nitrogen and oxygen atoms in total. The first kappa shape index (κ1) is 10.9. The van der Waals surface area contributed by atoms with Crippen LogP contribution in [0, 0.1) is 0 Å². The van der Waals surface area contributed by atoms with Crippen LogP contribution in [0.5, 0.6) is 0 Å². The van der Waals surface area contributed by atoms with Gasteiger partial charge in [0.15, 0.2) is 0 Å². The molecule has 0 bridgehead atoms. The van der Waals surface area contributed by atoms with Crippen molar-refractivity contribution in [2.45, 2.75) is 32.9 Å². The second-order valence-electron chi connectivity index (χ2n) is 2.66. The Labute approximate surface area is 69.7 Å². The normalized spacial score (nSPS) is 13.4. The van der Waals surface area contributed by atoms with E-state index in [1.165, 1.54) is 6.42 Å². The van der Waals surface area contributed by atoms with Crippen molar-refractivity contribution in [3.63, 3.8) is 0 Å². The van der Waals surface area contributed by atoms with E-state index in [2.05, 4.69) is 24.5 Å². The van der Waals surface area contributed by atoms with Crippen LogP contribution < -0.4 is 16.4 Å². The number of rotatable bonds is 7. The fourth-order valence-electron chi connectivity index (χ4n) is 0.937. The van der Waals surface area contributed by atoms with Crippen LogP contribution in [0.25, 0.3) is 0 Å². The summed E-state index contributed by atoms with van der Waals surface area (Å²) in [4.78, 5) is 0. The molecule has 0 fully saturated rings. The zero-order valence-corrected chi connectivity index (χ0v) is 7.69. The Hall–Kier alpha value is -0.120. The SMILES string of the molecule is CCCNC(CC)NCCN. The van der Waals surface area contributed by atoms with Crippen LogP contribution in [0.2, 0.25) is 0 Å². The zero-order chi connectivity index (χ0) is 8.53. The highest BCUT2D eigenvalue weighted by Gasteiger charge is 2.00. The molecular formula is C8H21N3. The summed E-state index contributed by atoms with van der Waals surface area (Å²) < 4.78 is 0. The van der Waals surface area contributed by atoms with E-state index in [0.717, 1.165) is 19.5 Å². The molecule has 11 heavy (non-hydrogen) atoms. The Kier molecular flexibility index (Phi) is 7.89. The maximum absolute atomic E-state index is 5.37. The lowest BCUT2D eigenvalue weighted by Crippen LogP contribution is -2.43. The molecule has 0 saturated heterocycles. The van der Waals surface area contributed by atoms with Gasteiger partial charge in [-0.1, -0.05) is 13.8 Å². The monoisotopic (exact) mass is 159 g/mol. The van der Waals surface area contributed by atoms with Gasteiger partial charge in [-0.15, -0.1) is 0 Å². The third-order valence-corrected chi connectivity index (χ3v) is 1.58. The third kappa shape index (κ3) is 6.28. The largest absolute Gasteiger partial charge is 0.329 e. The predicted molar refractivity (Wildman–Crippen MR) is 49.4 cm³/mol. The van der Waals surface area contributed by atoms with Crippen molar-refractivity contribution in [3.8, 4) is 0 Å². The molecule has 1 unspecified atom stereocenters. The van der Waals surface area contributed by atoms with E-state index in [4.69, 9.17) is 5.73 Å². The summed E-state index contributed by atoms with van der Waals surface area (Å²) in [5, 5.41) is 6.70. The van der Waals surface area contributed by atoms with E-state index >= 15 is 0 Å². The Bertz CT molecular complexity index is 67.7. The van der Waals surface area contributed by atoms with Gasteiger partial charge in [0.2, 0.25) is 0 Å². The van der Waals surface area contributed by atoms with Crippen molar-refractivity contribution in [2.75, 3.05) is 19.6 Å². The summed E-state index contributed by atoms with van der Waals surface area (Å²) in [6, 6.07) is 0. The van der Waals surface area contributed by atoms with E-state index in [-0.39, 0.29) is 0 Å². The molecule has 0 aliphatic heterocycles. The summed E-state index contributed by atoms with van der Waals surface area (Å²) in [6.07, 6.45) is 2.74. The van der Waals surface area contributed by atoms with Gasteiger partial charge in [-0.25, -0.2) is 0 Å². The van der Waals surface area contributed by atoms with Gasteiger partial charge < -0.3 is 16.4 Å². The molecule has 0 aromatic rings. The van der Waals surface area contributed by atoms with E-state index in [1.54, 1.807) is 0 Å². The van der Waals surface area contributed by atoms with E-state index in [9.17, 15) is 0 Å². The highest BCUT2D eigenvalue weighted by molar-refractivity contribution is 4.61. The van der Waals surface area contributed by atoms with Crippen LogP contribution in [-0.4, -0.2) is 25.8 Å². The fraction of sp³-hybridized carbons (Fsp3) is 1.00. The van der Waals surface area contributed by atoms with E-state index in [0.29, 0.717) is 12.7 Å². The molecule has 0 radical (unpaired) electrons. The Morgan fingerprint density at radius 2 is 1.82 bits per heavy atom. The van der Waals surface area contributed by atoms with Gasteiger partial charge in [-0.3, -0.25) is 0 Å². The van der Waals surface area contributed by atoms with Gasteiger partial charge in [0.05, 0.1) is 6.17 Å². The minimum absolute atomic E-state index is 0.443. The molecule has 0 spiro atoms. The fourth-order valence-corrected chi connectivity index (χ4v) is 0.937. The first-order chi connectivity index (χ1) is 5.35. The predicted octanol–water partition coefficient (Wildman–Crippen LogP) is 0.270.